The summed E-state index contributed by atoms with van der Waals surface area (Å²) in [6.45, 7) is 0. The molecule has 2 N–H and O–H groups in total. The van der Waals surface area contributed by atoms with Crippen LogP contribution in [0.3, 0.4) is 0 Å². The zero-order chi connectivity index (χ0) is 16.3. The molecule has 0 saturated heterocycles. The van der Waals surface area contributed by atoms with Gasteiger partial charge in [-0.05, 0) is 55.5 Å². The third-order valence-electron chi connectivity index (χ3n) is 4.44. The minimum atomic E-state index is -0.984. The first kappa shape index (κ1) is 15.4. The van der Waals surface area contributed by atoms with E-state index in [1.165, 1.54) is 12.1 Å². The lowest BCUT2D eigenvalue weighted by Gasteiger charge is -2.37. The van der Waals surface area contributed by atoms with Crippen LogP contribution in [0.5, 0.6) is 0 Å². The normalized spacial score (nSPS) is 24.0. The molecule has 4 nitrogen and oxygen atoms in total. The van der Waals surface area contributed by atoms with Crippen LogP contribution in [0.25, 0.3) is 0 Å². The molecule has 1 aromatic heterocycles. The Morgan fingerprint density at radius 1 is 1.26 bits per heavy atom. The van der Waals surface area contributed by atoms with Gasteiger partial charge in [-0.3, -0.25) is 0 Å². The second-order valence-corrected chi connectivity index (χ2v) is 5.97. The first-order chi connectivity index (χ1) is 11.1. The maximum Gasteiger partial charge on any atom is 0.144 e. The van der Waals surface area contributed by atoms with Crippen LogP contribution in [-0.2, 0) is 5.60 Å². The largest absolute Gasteiger partial charge is 0.385 e. The molecule has 0 atom stereocenters. The van der Waals surface area contributed by atoms with Gasteiger partial charge < -0.3 is 10.4 Å². The van der Waals surface area contributed by atoms with Crippen LogP contribution in [0.4, 0.5) is 10.2 Å². The Bertz CT molecular complexity index is 733. The van der Waals surface area contributed by atoms with Crippen molar-refractivity contribution in [1.82, 2.24) is 4.98 Å². The van der Waals surface area contributed by atoms with Gasteiger partial charge in [0.05, 0.1) is 11.2 Å². The summed E-state index contributed by atoms with van der Waals surface area (Å²) in [6, 6.07) is 11.9. The summed E-state index contributed by atoms with van der Waals surface area (Å²) in [6.07, 6.45) is 4.20. The fraction of sp³-hybridized carbons (Fsp3) is 0.333. The Labute approximate surface area is 134 Å². The molecule has 0 unspecified atom stereocenters. The highest BCUT2D eigenvalue weighted by molar-refractivity contribution is 5.51. The van der Waals surface area contributed by atoms with Crippen molar-refractivity contribution in [2.75, 3.05) is 5.32 Å². The summed E-state index contributed by atoms with van der Waals surface area (Å²) >= 11 is 0. The molecule has 3 rings (SSSR count). The highest BCUT2D eigenvalue weighted by Gasteiger charge is 2.35. The Morgan fingerprint density at radius 2 is 2.04 bits per heavy atom. The van der Waals surface area contributed by atoms with Crippen molar-refractivity contribution in [3.63, 3.8) is 0 Å². The van der Waals surface area contributed by atoms with Crippen LogP contribution in [0.2, 0.25) is 0 Å². The second-order valence-electron chi connectivity index (χ2n) is 5.97. The standard InChI is InChI=1S/C18H18FN3O/c19-15-5-1-4-14(11-15)18(23)8-6-16(7-9-18)22-17-13(12-20)3-2-10-21-17/h1-5,10-11,16,23H,6-9H2,(H,21,22). The maximum atomic E-state index is 13.4. The summed E-state index contributed by atoms with van der Waals surface area (Å²) in [7, 11) is 0. The summed E-state index contributed by atoms with van der Waals surface area (Å²) in [5.74, 6) is 0.250. The van der Waals surface area contributed by atoms with Crippen molar-refractivity contribution in [1.29, 1.82) is 5.26 Å². The van der Waals surface area contributed by atoms with Gasteiger partial charge in [0.2, 0.25) is 0 Å². The average Bonchev–Trinajstić information content (AvgIpc) is 2.57. The van der Waals surface area contributed by atoms with E-state index in [2.05, 4.69) is 16.4 Å². The number of benzene rings is 1. The van der Waals surface area contributed by atoms with E-state index in [0.717, 1.165) is 12.8 Å². The number of pyridine rings is 1. The number of nitriles is 1. The molecular formula is C18H18FN3O. The Kier molecular flexibility index (Phi) is 4.26. The van der Waals surface area contributed by atoms with E-state index in [-0.39, 0.29) is 11.9 Å². The Hall–Kier alpha value is -2.45. The molecule has 0 bridgehead atoms. The summed E-state index contributed by atoms with van der Waals surface area (Å²) < 4.78 is 13.4. The van der Waals surface area contributed by atoms with E-state index in [1.54, 1.807) is 30.5 Å². The second kappa shape index (κ2) is 6.35. The number of halogens is 1. The minimum Gasteiger partial charge on any atom is -0.385 e. The van der Waals surface area contributed by atoms with Gasteiger partial charge in [0, 0.05) is 12.2 Å². The third kappa shape index (κ3) is 3.33. The molecule has 2 aromatic rings. The van der Waals surface area contributed by atoms with Crippen molar-refractivity contribution in [2.24, 2.45) is 0 Å². The van der Waals surface area contributed by atoms with Crippen LogP contribution in [0.1, 0.15) is 36.8 Å². The Morgan fingerprint density at radius 3 is 2.74 bits per heavy atom. The summed E-state index contributed by atoms with van der Waals surface area (Å²) in [5.41, 5.74) is 0.160. The number of aliphatic hydroxyl groups is 1. The number of rotatable bonds is 3. The van der Waals surface area contributed by atoms with E-state index in [1.807, 2.05) is 0 Å². The van der Waals surface area contributed by atoms with Crippen LogP contribution >= 0.6 is 0 Å². The van der Waals surface area contributed by atoms with Gasteiger partial charge >= 0.3 is 0 Å². The molecule has 1 saturated carbocycles. The third-order valence-corrected chi connectivity index (χ3v) is 4.44. The van der Waals surface area contributed by atoms with Crippen molar-refractivity contribution in [3.05, 3.63) is 59.5 Å². The summed E-state index contributed by atoms with van der Waals surface area (Å²) in [5, 5.41) is 23.2. The van der Waals surface area contributed by atoms with Gasteiger partial charge in [0.15, 0.2) is 0 Å². The number of hydrogen-bond donors (Lipinski definition) is 2. The molecule has 0 radical (unpaired) electrons. The molecule has 0 spiro atoms. The molecule has 1 aliphatic carbocycles. The average molecular weight is 311 g/mol. The van der Waals surface area contributed by atoms with Crippen LogP contribution in [0, 0.1) is 17.1 Å². The topological polar surface area (TPSA) is 68.9 Å². The minimum absolute atomic E-state index is 0.144. The van der Waals surface area contributed by atoms with E-state index in [0.29, 0.717) is 29.8 Å². The van der Waals surface area contributed by atoms with E-state index in [9.17, 15) is 9.50 Å². The number of anilines is 1. The molecule has 5 heteroatoms. The molecule has 1 heterocycles. The van der Waals surface area contributed by atoms with Crippen molar-refractivity contribution in [3.8, 4) is 6.07 Å². The molecular weight excluding hydrogens is 293 g/mol. The lowest BCUT2D eigenvalue weighted by Crippen LogP contribution is -2.36. The van der Waals surface area contributed by atoms with Crippen LogP contribution in [-0.4, -0.2) is 16.1 Å². The lowest BCUT2D eigenvalue weighted by molar-refractivity contribution is -0.00359. The van der Waals surface area contributed by atoms with E-state index in [4.69, 9.17) is 5.26 Å². The fourth-order valence-electron chi connectivity index (χ4n) is 3.11. The predicted octanol–water partition coefficient (Wildman–Crippen LogP) is 3.33. The van der Waals surface area contributed by atoms with E-state index >= 15 is 0 Å². The smallest absolute Gasteiger partial charge is 0.144 e. The number of aromatic nitrogens is 1. The Balaban J connectivity index is 1.68. The van der Waals surface area contributed by atoms with Gasteiger partial charge in [-0.25, -0.2) is 9.37 Å². The highest BCUT2D eigenvalue weighted by Crippen LogP contribution is 2.38. The molecule has 1 aliphatic rings. The predicted molar refractivity (Wildman–Crippen MR) is 85.1 cm³/mol. The lowest BCUT2D eigenvalue weighted by atomic mass is 9.77. The van der Waals surface area contributed by atoms with Crippen LogP contribution in [0.15, 0.2) is 42.6 Å². The zero-order valence-electron chi connectivity index (χ0n) is 12.7. The molecule has 118 valence electrons. The molecule has 1 fully saturated rings. The van der Waals surface area contributed by atoms with Crippen molar-refractivity contribution < 1.29 is 9.50 Å². The van der Waals surface area contributed by atoms with Gasteiger partial charge in [0.25, 0.3) is 0 Å². The molecule has 0 aliphatic heterocycles. The molecule has 0 amide bonds. The number of hydrogen-bond acceptors (Lipinski definition) is 4. The quantitative estimate of drug-likeness (QED) is 0.912. The SMILES string of the molecule is N#Cc1cccnc1NC1CCC(O)(c2cccc(F)c2)CC1. The first-order valence-electron chi connectivity index (χ1n) is 7.71. The molecule has 1 aromatic carbocycles. The number of nitrogens with one attached hydrogen (secondary N) is 1. The fourth-order valence-corrected chi connectivity index (χ4v) is 3.11. The zero-order valence-corrected chi connectivity index (χ0v) is 12.7. The van der Waals surface area contributed by atoms with Crippen LogP contribution < -0.4 is 5.32 Å². The molecule has 23 heavy (non-hydrogen) atoms. The highest BCUT2D eigenvalue weighted by atomic mass is 19.1. The van der Waals surface area contributed by atoms with Gasteiger partial charge in [-0.1, -0.05) is 12.1 Å². The van der Waals surface area contributed by atoms with Crippen molar-refractivity contribution in [2.45, 2.75) is 37.3 Å². The maximum absolute atomic E-state index is 13.4. The number of nitrogens with zero attached hydrogens (tertiary/aromatic N) is 2. The van der Waals surface area contributed by atoms with Gasteiger partial charge in [-0.15, -0.1) is 0 Å². The first-order valence-corrected chi connectivity index (χ1v) is 7.71. The monoisotopic (exact) mass is 311 g/mol. The summed E-state index contributed by atoms with van der Waals surface area (Å²) in [4.78, 5) is 4.20. The van der Waals surface area contributed by atoms with Gasteiger partial charge in [-0.2, -0.15) is 5.26 Å². The van der Waals surface area contributed by atoms with E-state index < -0.39 is 5.60 Å². The van der Waals surface area contributed by atoms with Crippen molar-refractivity contribution >= 4 is 5.82 Å². The van der Waals surface area contributed by atoms with Gasteiger partial charge in [0.1, 0.15) is 17.7 Å².